The number of fused-ring (bicyclic) bond motifs is 5. The van der Waals surface area contributed by atoms with E-state index in [9.17, 15) is 9.59 Å². The molecule has 4 fully saturated rings. The summed E-state index contributed by atoms with van der Waals surface area (Å²) in [5.41, 5.74) is 1.96. The lowest BCUT2D eigenvalue weighted by Crippen LogP contribution is -2.57. The van der Waals surface area contributed by atoms with E-state index in [1.807, 2.05) is 13.8 Å². The average molecular weight is 455 g/mol. The van der Waals surface area contributed by atoms with Gasteiger partial charge in [0, 0.05) is 18.3 Å². The number of epoxide rings is 1. The van der Waals surface area contributed by atoms with E-state index < -0.39 is 0 Å². The van der Waals surface area contributed by atoms with Crippen LogP contribution in [0.4, 0.5) is 0 Å². The van der Waals surface area contributed by atoms with Gasteiger partial charge in [-0.05, 0) is 92.3 Å². The van der Waals surface area contributed by atoms with Gasteiger partial charge < -0.3 is 4.74 Å². The Labute approximate surface area is 201 Å². The number of rotatable bonds is 4. The van der Waals surface area contributed by atoms with Crippen molar-refractivity contribution in [2.75, 3.05) is 0 Å². The second kappa shape index (κ2) is 7.05. The highest BCUT2D eigenvalue weighted by Crippen LogP contribution is 2.73. The molecule has 0 aromatic carbocycles. The number of ketones is 2. The van der Waals surface area contributed by atoms with Crippen molar-refractivity contribution < 1.29 is 14.3 Å². The Kier molecular flexibility index (Phi) is 5.08. The van der Waals surface area contributed by atoms with Crippen molar-refractivity contribution in [3.8, 4) is 0 Å². The molecule has 184 valence electrons. The van der Waals surface area contributed by atoms with Crippen LogP contribution in [0.5, 0.6) is 0 Å². The average Bonchev–Trinajstić information content (AvgIpc) is 3.26. The number of ether oxygens (including phenoxy) is 1. The largest absolute Gasteiger partial charge is 0.358 e. The van der Waals surface area contributed by atoms with E-state index in [0.29, 0.717) is 41.7 Å². The van der Waals surface area contributed by atoms with Gasteiger partial charge in [0.25, 0.3) is 0 Å². The molecular formula is C30H46O3. The summed E-state index contributed by atoms with van der Waals surface area (Å²) in [6, 6.07) is 0. The molecule has 4 aliphatic carbocycles. The van der Waals surface area contributed by atoms with Crippen LogP contribution in [-0.2, 0) is 14.3 Å². The molecule has 0 aromatic heterocycles. The van der Waals surface area contributed by atoms with Gasteiger partial charge in [0.2, 0.25) is 0 Å². The Hall–Kier alpha value is -0.960. The van der Waals surface area contributed by atoms with Crippen molar-refractivity contribution >= 4 is 11.6 Å². The number of hydrogen-bond donors (Lipinski definition) is 0. The SMILES string of the molecule is C[C@@H](CC(=O)[C@H]1OC1(C)C)C1CC[C@]2(C)C3=CC[C@H]4C(C)(C)C(=O)CC[C@]4(C)[C@H]3CC[C@@]12C. The number of allylic oxidation sites excluding steroid dienone is 2. The van der Waals surface area contributed by atoms with E-state index in [4.69, 9.17) is 4.74 Å². The van der Waals surface area contributed by atoms with Gasteiger partial charge in [0.05, 0.1) is 5.60 Å². The Morgan fingerprint density at radius 1 is 1.06 bits per heavy atom. The summed E-state index contributed by atoms with van der Waals surface area (Å²) in [5.74, 6) is 2.84. The minimum atomic E-state index is -0.253. The first-order chi connectivity index (χ1) is 15.2. The highest BCUT2D eigenvalue weighted by molar-refractivity contribution is 5.87. The van der Waals surface area contributed by atoms with Crippen LogP contribution < -0.4 is 0 Å². The van der Waals surface area contributed by atoms with Crippen LogP contribution in [0.3, 0.4) is 0 Å². The van der Waals surface area contributed by atoms with Crippen molar-refractivity contribution in [2.45, 2.75) is 118 Å². The topological polar surface area (TPSA) is 46.7 Å². The molecular weight excluding hydrogens is 408 g/mol. The lowest BCUT2D eigenvalue weighted by molar-refractivity contribution is -0.146. The fourth-order valence-electron chi connectivity index (χ4n) is 9.76. The van der Waals surface area contributed by atoms with Crippen molar-refractivity contribution in [1.29, 1.82) is 0 Å². The summed E-state index contributed by atoms with van der Waals surface area (Å²) in [6.45, 7) is 18.4. The van der Waals surface area contributed by atoms with Gasteiger partial charge >= 0.3 is 0 Å². The Bertz CT molecular complexity index is 912. The molecule has 3 nitrogen and oxygen atoms in total. The van der Waals surface area contributed by atoms with Gasteiger partial charge in [-0.3, -0.25) is 9.59 Å². The number of Topliss-reactive ketones (excluding diaryl/α,β-unsaturated/α-hetero) is 2. The summed E-state index contributed by atoms with van der Waals surface area (Å²) in [6.07, 6.45) is 10.9. The first kappa shape index (κ1) is 23.8. The third-order valence-electron chi connectivity index (χ3n) is 12.1. The third kappa shape index (κ3) is 3.09. The highest BCUT2D eigenvalue weighted by Gasteiger charge is 2.65. The second-order valence-electron chi connectivity index (χ2n) is 14.3. The Morgan fingerprint density at radius 2 is 1.73 bits per heavy atom. The third-order valence-corrected chi connectivity index (χ3v) is 12.1. The summed E-state index contributed by atoms with van der Waals surface area (Å²) in [7, 11) is 0. The summed E-state index contributed by atoms with van der Waals surface area (Å²) < 4.78 is 5.66. The van der Waals surface area contributed by atoms with E-state index in [1.54, 1.807) is 5.57 Å². The maximum atomic E-state index is 12.9. The molecule has 3 heteroatoms. The zero-order chi connectivity index (χ0) is 24.2. The van der Waals surface area contributed by atoms with Crippen LogP contribution in [0.15, 0.2) is 11.6 Å². The molecule has 8 atom stereocenters. The Balaban J connectivity index is 1.41. The molecule has 0 bridgehead atoms. The van der Waals surface area contributed by atoms with E-state index in [-0.39, 0.29) is 33.4 Å². The normalized spacial score (nSPS) is 48.2. The van der Waals surface area contributed by atoms with Crippen molar-refractivity contribution in [3.63, 3.8) is 0 Å². The molecule has 0 amide bonds. The molecule has 5 rings (SSSR count). The molecule has 5 aliphatic rings. The van der Waals surface area contributed by atoms with Gasteiger partial charge in [0.15, 0.2) is 5.78 Å². The molecule has 1 heterocycles. The zero-order valence-electron chi connectivity index (χ0n) is 22.3. The molecule has 0 aromatic rings. The van der Waals surface area contributed by atoms with Crippen molar-refractivity contribution in [2.24, 2.45) is 45.3 Å². The molecule has 0 radical (unpaired) electrons. The van der Waals surface area contributed by atoms with E-state index in [0.717, 1.165) is 19.3 Å². The van der Waals surface area contributed by atoms with E-state index in [2.05, 4.69) is 47.6 Å². The zero-order valence-corrected chi connectivity index (χ0v) is 22.3. The summed E-state index contributed by atoms with van der Waals surface area (Å²) >= 11 is 0. The van der Waals surface area contributed by atoms with Gasteiger partial charge in [-0.2, -0.15) is 0 Å². The standard InChI is InChI=1S/C30H46O3/c1-18(17-22(31)25-27(4,5)33-25)19-11-15-30(8)21-9-10-23-26(2,3)24(32)13-14-28(23,6)20(21)12-16-29(19,30)7/h9,18-20,23,25H,10-17H2,1-8H3/t18-,19?,20-,23-,25+,28+,29-,30+/m0/s1. The lowest BCUT2D eigenvalue weighted by atomic mass is 9.41. The first-order valence-corrected chi connectivity index (χ1v) is 13.6. The van der Waals surface area contributed by atoms with Crippen LogP contribution >= 0.6 is 0 Å². The summed E-state index contributed by atoms with van der Waals surface area (Å²) in [4.78, 5) is 25.7. The van der Waals surface area contributed by atoms with Gasteiger partial charge in [-0.15, -0.1) is 0 Å². The van der Waals surface area contributed by atoms with Crippen LogP contribution in [0.1, 0.15) is 107 Å². The fourth-order valence-corrected chi connectivity index (χ4v) is 9.76. The molecule has 0 N–H and O–H groups in total. The van der Waals surface area contributed by atoms with Crippen LogP contribution in [-0.4, -0.2) is 23.3 Å². The smallest absolute Gasteiger partial charge is 0.164 e. The van der Waals surface area contributed by atoms with E-state index in [1.165, 1.54) is 25.7 Å². The number of hydrogen-bond acceptors (Lipinski definition) is 3. The summed E-state index contributed by atoms with van der Waals surface area (Å²) in [5, 5.41) is 0. The highest BCUT2D eigenvalue weighted by atomic mass is 16.6. The first-order valence-electron chi connectivity index (χ1n) is 13.6. The van der Waals surface area contributed by atoms with Crippen LogP contribution in [0.2, 0.25) is 0 Å². The van der Waals surface area contributed by atoms with Crippen LogP contribution in [0.25, 0.3) is 0 Å². The van der Waals surface area contributed by atoms with Gasteiger partial charge in [-0.1, -0.05) is 53.2 Å². The monoisotopic (exact) mass is 454 g/mol. The maximum absolute atomic E-state index is 12.9. The quantitative estimate of drug-likeness (QED) is 0.342. The predicted octanol–water partition coefficient (Wildman–Crippen LogP) is 6.93. The lowest BCUT2D eigenvalue weighted by Gasteiger charge is -2.63. The molecule has 1 unspecified atom stereocenters. The molecule has 33 heavy (non-hydrogen) atoms. The molecule has 3 saturated carbocycles. The molecule has 0 spiro atoms. The number of carbonyl (C=O) groups excluding carboxylic acids is 2. The minimum Gasteiger partial charge on any atom is -0.358 e. The predicted molar refractivity (Wildman–Crippen MR) is 132 cm³/mol. The van der Waals surface area contributed by atoms with E-state index >= 15 is 0 Å². The fraction of sp³-hybridized carbons (Fsp3) is 0.867. The minimum absolute atomic E-state index is 0.188. The molecule has 1 aliphatic heterocycles. The van der Waals surface area contributed by atoms with Crippen molar-refractivity contribution in [3.05, 3.63) is 11.6 Å². The Morgan fingerprint density at radius 3 is 2.36 bits per heavy atom. The maximum Gasteiger partial charge on any atom is 0.164 e. The van der Waals surface area contributed by atoms with Gasteiger partial charge in [0.1, 0.15) is 11.9 Å². The molecule has 1 saturated heterocycles. The second-order valence-corrected chi connectivity index (χ2v) is 14.3. The van der Waals surface area contributed by atoms with Gasteiger partial charge in [-0.25, -0.2) is 0 Å². The number of carbonyl (C=O) groups is 2. The van der Waals surface area contributed by atoms with Crippen LogP contribution in [0, 0.1) is 45.3 Å². The van der Waals surface area contributed by atoms with Crippen molar-refractivity contribution in [1.82, 2.24) is 0 Å².